The molecular weight excluding hydrogens is 446 g/mol. The summed E-state index contributed by atoms with van der Waals surface area (Å²) in [5.41, 5.74) is 6.16. The Morgan fingerprint density at radius 3 is 2.50 bits per heavy atom. The van der Waals surface area contributed by atoms with E-state index < -0.39 is 0 Å². The summed E-state index contributed by atoms with van der Waals surface area (Å²) in [5, 5.41) is 8.10. The van der Waals surface area contributed by atoms with Crippen molar-refractivity contribution in [3.05, 3.63) is 95.6 Å². The van der Waals surface area contributed by atoms with E-state index in [1.165, 1.54) is 18.3 Å². The van der Waals surface area contributed by atoms with Gasteiger partial charge in [0.15, 0.2) is 5.13 Å². The summed E-state index contributed by atoms with van der Waals surface area (Å²) in [6, 6.07) is 23.1. The number of hydrogen-bond donors (Lipinski definition) is 2. The van der Waals surface area contributed by atoms with Crippen LogP contribution in [-0.4, -0.2) is 26.3 Å². The average molecular weight is 468 g/mol. The number of fused-ring (bicyclic) bond motifs is 1. The SMILES string of the molecule is CC(=O)NCc1ccc(-c2csc(NC(=O)c3ccc(-n4cnc5ccccc54)cc3)n2)cc1. The Hall–Kier alpha value is -4.30. The number of thiazole rings is 1. The molecule has 0 aliphatic carbocycles. The van der Waals surface area contributed by atoms with Crippen molar-refractivity contribution in [3.63, 3.8) is 0 Å². The molecule has 2 amide bonds. The molecule has 34 heavy (non-hydrogen) atoms. The van der Waals surface area contributed by atoms with Crippen molar-refractivity contribution in [1.29, 1.82) is 0 Å². The second-order valence-corrected chi connectivity index (χ2v) is 8.61. The first kappa shape index (κ1) is 21.5. The van der Waals surface area contributed by atoms with Crippen LogP contribution in [0, 0.1) is 0 Å². The van der Waals surface area contributed by atoms with Gasteiger partial charge in [-0.05, 0) is 42.0 Å². The second kappa shape index (κ2) is 9.29. The van der Waals surface area contributed by atoms with Crippen LogP contribution >= 0.6 is 11.3 Å². The van der Waals surface area contributed by atoms with Crippen LogP contribution in [0.5, 0.6) is 0 Å². The molecule has 2 heterocycles. The summed E-state index contributed by atoms with van der Waals surface area (Å²) in [7, 11) is 0. The predicted octanol–water partition coefficient (Wildman–Crippen LogP) is 5.04. The molecule has 0 spiro atoms. The van der Waals surface area contributed by atoms with Crippen molar-refractivity contribution >= 4 is 39.3 Å². The Morgan fingerprint density at radius 2 is 1.74 bits per heavy atom. The second-order valence-electron chi connectivity index (χ2n) is 7.75. The van der Waals surface area contributed by atoms with Gasteiger partial charge in [0.25, 0.3) is 5.91 Å². The van der Waals surface area contributed by atoms with E-state index in [1.807, 2.05) is 70.6 Å². The molecule has 0 fully saturated rings. The van der Waals surface area contributed by atoms with Crippen molar-refractivity contribution in [2.75, 3.05) is 5.32 Å². The van der Waals surface area contributed by atoms with Crippen molar-refractivity contribution in [3.8, 4) is 16.9 Å². The lowest BCUT2D eigenvalue weighted by Crippen LogP contribution is -2.18. The molecule has 3 aromatic carbocycles. The van der Waals surface area contributed by atoms with Crippen LogP contribution in [0.25, 0.3) is 28.0 Å². The maximum Gasteiger partial charge on any atom is 0.257 e. The Kier molecular flexibility index (Phi) is 5.88. The molecule has 2 aromatic heterocycles. The number of nitrogens with zero attached hydrogens (tertiary/aromatic N) is 3. The molecule has 2 N–H and O–H groups in total. The standard InChI is InChI=1S/C26H21N5O2S/c1-17(32)27-14-18-6-8-19(9-7-18)23-15-34-26(29-23)30-25(33)20-10-12-21(13-11-20)31-16-28-22-4-2-3-5-24(22)31/h2-13,15-16H,14H2,1H3,(H,27,32)(H,29,30,33). The van der Waals surface area contributed by atoms with Crippen molar-refractivity contribution in [2.24, 2.45) is 0 Å². The first-order valence-electron chi connectivity index (χ1n) is 10.7. The van der Waals surface area contributed by atoms with Crippen LogP contribution in [0.4, 0.5) is 5.13 Å². The molecule has 5 aromatic rings. The highest BCUT2D eigenvalue weighted by Crippen LogP contribution is 2.26. The van der Waals surface area contributed by atoms with E-state index in [0.29, 0.717) is 17.2 Å². The molecule has 0 aliphatic heterocycles. The van der Waals surface area contributed by atoms with Crippen LogP contribution in [-0.2, 0) is 11.3 Å². The number of benzene rings is 3. The van der Waals surface area contributed by atoms with Gasteiger partial charge in [-0.3, -0.25) is 19.5 Å². The smallest absolute Gasteiger partial charge is 0.257 e. The number of para-hydroxylation sites is 2. The summed E-state index contributed by atoms with van der Waals surface area (Å²) in [4.78, 5) is 32.8. The van der Waals surface area contributed by atoms with E-state index >= 15 is 0 Å². The molecule has 0 aliphatic rings. The minimum atomic E-state index is -0.214. The fourth-order valence-corrected chi connectivity index (χ4v) is 4.31. The predicted molar refractivity (Wildman–Crippen MR) is 134 cm³/mol. The molecule has 0 radical (unpaired) electrons. The molecule has 7 nitrogen and oxygen atoms in total. The zero-order chi connectivity index (χ0) is 23.5. The molecule has 5 rings (SSSR count). The lowest BCUT2D eigenvalue weighted by molar-refractivity contribution is -0.119. The Bertz CT molecular complexity index is 1470. The van der Waals surface area contributed by atoms with E-state index in [1.54, 1.807) is 18.5 Å². The molecule has 0 saturated heterocycles. The third-order valence-corrected chi connectivity index (χ3v) is 6.13. The summed E-state index contributed by atoms with van der Waals surface area (Å²) < 4.78 is 1.99. The molecule has 0 unspecified atom stereocenters. The number of aromatic nitrogens is 3. The fraction of sp³-hybridized carbons (Fsp3) is 0.0769. The first-order chi connectivity index (χ1) is 16.6. The Balaban J connectivity index is 1.26. The van der Waals surface area contributed by atoms with Crippen LogP contribution in [0.3, 0.4) is 0 Å². The largest absolute Gasteiger partial charge is 0.352 e. The number of rotatable bonds is 6. The molecule has 8 heteroatoms. The maximum atomic E-state index is 12.7. The number of anilines is 1. The quantitative estimate of drug-likeness (QED) is 0.366. The first-order valence-corrected chi connectivity index (χ1v) is 11.6. The number of carbonyl (C=O) groups excluding carboxylic acids is 2. The van der Waals surface area contributed by atoms with Gasteiger partial charge in [0.1, 0.15) is 6.33 Å². The highest BCUT2D eigenvalue weighted by molar-refractivity contribution is 7.14. The summed E-state index contributed by atoms with van der Waals surface area (Å²) >= 11 is 1.38. The average Bonchev–Trinajstić information content (AvgIpc) is 3.50. The monoisotopic (exact) mass is 467 g/mol. The summed E-state index contributed by atoms with van der Waals surface area (Å²) in [6.45, 7) is 1.99. The lowest BCUT2D eigenvalue weighted by Gasteiger charge is -2.06. The van der Waals surface area contributed by atoms with Gasteiger partial charge in [0.2, 0.25) is 5.91 Å². The highest BCUT2D eigenvalue weighted by atomic mass is 32.1. The zero-order valence-electron chi connectivity index (χ0n) is 18.4. The summed E-state index contributed by atoms with van der Waals surface area (Å²) in [5.74, 6) is -0.276. The van der Waals surface area contributed by atoms with Gasteiger partial charge in [-0.1, -0.05) is 36.4 Å². The number of nitrogens with one attached hydrogen (secondary N) is 2. The van der Waals surface area contributed by atoms with E-state index in [4.69, 9.17) is 0 Å². The van der Waals surface area contributed by atoms with Gasteiger partial charge in [-0.15, -0.1) is 11.3 Å². The minimum Gasteiger partial charge on any atom is -0.352 e. The normalized spacial score (nSPS) is 10.9. The zero-order valence-corrected chi connectivity index (χ0v) is 19.2. The maximum absolute atomic E-state index is 12.7. The van der Waals surface area contributed by atoms with Gasteiger partial charge in [0, 0.05) is 35.7 Å². The summed E-state index contributed by atoms with van der Waals surface area (Å²) in [6.07, 6.45) is 1.78. The van der Waals surface area contributed by atoms with Gasteiger partial charge in [-0.2, -0.15) is 0 Å². The number of imidazole rings is 1. The van der Waals surface area contributed by atoms with E-state index in [0.717, 1.165) is 33.5 Å². The van der Waals surface area contributed by atoms with Crippen molar-refractivity contribution in [2.45, 2.75) is 13.5 Å². The highest BCUT2D eigenvalue weighted by Gasteiger charge is 2.11. The number of carbonyl (C=O) groups is 2. The van der Waals surface area contributed by atoms with Crippen LogP contribution in [0.15, 0.2) is 84.5 Å². The number of hydrogen-bond acceptors (Lipinski definition) is 5. The van der Waals surface area contributed by atoms with Crippen LogP contribution < -0.4 is 10.6 Å². The molecule has 0 atom stereocenters. The Morgan fingerprint density at radius 1 is 0.971 bits per heavy atom. The van der Waals surface area contributed by atoms with E-state index in [9.17, 15) is 9.59 Å². The third-order valence-electron chi connectivity index (χ3n) is 5.38. The molecule has 0 saturated carbocycles. The van der Waals surface area contributed by atoms with E-state index in [-0.39, 0.29) is 11.8 Å². The van der Waals surface area contributed by atoms with Gasteiger partial charge >= 0.3 is 0 Å². The van der Waals surface area contributed by atoms with Crippen LogP contribution in [0.2, 0.25) is 0 Å². The fourth-order valence-electron chi connectivity index (χ4n) is 3.59. The van der Waals surface area contributed by atoms with Gasteiger partial charge in [-0.25, -0.2) is 9.97 Å². The molecule has 168 valence electrons. The van der Waals surface area contributed by atoms with Crippen molar-refractivity contribution in [1.82, 2.24) is 19.9 Å². The van der Waals surface area contributed by atoms with Crippen LogP contribution in [0.1, 0.15) is 22.8 Å². The molecule has 0 bridgehead atoms. The van der Waals surface area contributed by atoms with Crippen molar-refractivity contribution < 1.29 is 9.59 Å². The van der Waals surface area contributed by atoms with Gasteiger partial charge in [0.05, 0.1) is 16.7 Å². The molecular formula is C26H21N5O2S. The van der Waals surface area contributed by atoms with Gasteiger partial charge < -0.3 is 5.32 Å². The topological polar surface area (TPSA) is 88.9 Å². The minimum absolute atomic E-state index is 0.0613. The number of amides is 2. The van der Waals surface area contributed by atoms with E-state index in [2.05, 4.69) is 20.6 Å². The Labute approximate surface area is 200 Å². The third kappa shape index (κ3) is 4.57. The lowest BCUT2D eigenvalue weighted by atomic mass is 10.1.